The highest BCUT2D eigenvalue weighted by atomic mass is 32.1. The fourth-order valence-electron chi connectivity index (χ4n) is 3.22. The van der Waals surface area contributed by atoms with Crippen LogP contribution in [0.2, 0.25) is 0 Å². The van der Waals surface area contributed by atoms with Gasteiger partial charge in [-0.2, -0.15) is 0 Å². The Morgan fingerprint density at radius 1 is 1.20 bits per heavy atom. The number of anilines is 1. The molecule has 9 heteroatoms. The number of rotatable bonds is 9. The first-order valence-corrected chi connectivity index (χ1v) is 11.2. The Hall–Kier alpha value is -2.42. The molecule has 166 valence electrons. The Labute approximate surface area is 180 Å². The second-order valence-corrected chi connectivity index (χ2v) is 8.50. The molecular weight excluding hydrogens is 408 g/mol. The number of amides is 2. The van der Waals surface area contributed by atoms with Crippen LogP contribution in [-0.2, 0) is 30.3 Å². The van der Waals surface area contributed by atoms with Crippen molar-refractivity contribution in [3.05, 3.63) is 16.5 Å². The molecule has 1 aliphatic heterocycles. The largest absolute Gasteiger partial charge is 0.462 e. The van der Waals surface area contributed by atoms with E-state index in [1.165, 1.54) is 16.2 Å². The number of carbonyl (C=O) groups is 4. The van der Waals surface area contributed by atoms with Crippen LogP contribution < -0.4 is 5.32 Å². The molecule has 0 aliphatic carbocycles. The van der Waals surface area contributed by atoms with Crippen molar-refractivity contribution in [2.75, 3.05) is 31.6 Å². The molecule has 1 aromatic rings. The normalized spacial score (nSPS) is 14.4. The van der Waals surface area contributed by atoms with Gasteiger partial charge in [-0.1, -0.05) is 20.3 Å². The lowest BCUT2D eigenvalue weighted by Crippen LogP contribution is -2.36. The highest BCUT2D eigenvalue weighted by Gasteiger charge is 2.23. The first-order valence-electron chi connectivity index (χ1n) is 10.3. The van der Waals surface area contributed by atoms with Gasteiger partial charge in [-0.05, 0) is 43.0 Å². The molecule has 0 spiro atoms. The van der Waals surface area contributed by atoms with Crippen LogP contribution in [0, 0.1) is 5.92 Å². The third kappa shape index (κ3) is 7.12. The molecule has 0 unspecified atom stereocenters. The summed E-state index contributed by atoms with van der Waals surface area (Å²) in [7, 11) is 0. The summed E-state index contributed by atoms with van der Waals surface area (Å²) in [6.07, 6.45) is 3.76. The molecule has 1 aromatic heterocycles. The van der Waals surface area contributed by atoms with Gasteiger partial charge in [-0.25, -0.2) is 4.79 Å². The average molecular weight is 439 g/mol. The summed E-state index contributed by atoms with van der Waals surface area (Å²) in [5.74, 6) is -1.39. The van der Waals surface area contributed by atoms with Crippen LogP contribution in [0.4, 0.5) is 5.00 Å². The predicted octanol–water partition coefficient (Wildman–Crippen LogP) is 3.01. The van der Waals surface area contributed by atoms with E-state index in [0.717, 1.165) is 24.8 Å². The van der Waals surface area contributed by atoms with Gasteiger partial charge in [0.1, 0.15) is 11.5 Å². The molecule has 2 amide bonds. The van der Waals surface area contributed by atoms with E-state index < -0.39 is 24.5 Å². The molecule has 2 heterocycles. The fourth-order valence-corrected chi connectivity index (χ4v) is 4.20. The van der Waals surface area contributed by atoms with Crippen molar-refractivity contribution in [2.45, 2.75) is 52.9 Å². The predicted molar refractivity (Wildman–Crippen MR) is 113 cm³/mol. The van der Waals surface area contributed by atoms with Crippen LogP contribution in [-0.4, -0.2) is 55.0 Å². The molecule has 2 rings (SSSR count). The van der Waals surface area contributed by atoms with E-state index >= 15 is 0 Å². The summed E-state index contributed by atoms with van der Waals surface area (Å²) in [5, 5.41) is 4.86. The monoisotopic (exact) mass is 438 g/mol. The van der Waals surface area contributed by atoms with Gasteiger partial charge in [-0.3, -0.25) is 14.4 Å². The van der Waals surface area contributed by atoms with Crippen molar-refractivity contribution < 1.29 is 28.7 Å². The number of hydrogen-bond acceptors (Lipinski definition) is 7. The number of thiophene rings is 1. The van der Waals surface area contributed by atoms with Gasteiger partial charge in [-0.15, -0.1) is 11.3 Å². The van der Waals surface area contributed by atoms with Gasteiger partial charge < -0.3 is 19.7 Å². The number of nitrogens with one attached hydrogen (secondary N) is 1. The Morgan fingerprint density at radius 3 is 2.67 bits per heavy atom. The molecule has 0 aromatic carbocycles. The van der Waals surface area contributed by atoms with Gasteiger partial charge >= 0.3 is 11.9 Å². The lowest BCUT2D eigenvalue weighted by Gasteiger charge is -2.19. The quantitative estimate of drug-likeness (QED) is 0.595. The molecule has 30 heavy (non-hydrogen) atoms. The number of ether oxygens (including phenoxy) is 2. The van der Waals surface area contributed by atoms with Gasteiger partial charge in [0.05, 0.1) is 12.2 Å². The first-order chi connectivity index (χ1) is 14.3. The summed E-state index contributed by atoms with van der Waals surface area (Å²) in [5.41, 5.74) is 1.17. The molecule has 0 bridgehead atoms. The molecule has 0 atom stereocenters. The van der Waals surface area contributed by atoms with Gasteiger partial charge in [0.25, 0.3) is 5.91 Å². The van der Waals surface area contributed by atoms with Crippen molar-refractivity contribution >= 4 is 40.1 Å². The number of nitrogens with zero attached hydrogens (tertiary/aromatic N) is 1. The zero-order valence-corrected chi connectivity index (χ0v) is 18.6. The molecule has 1 N–H and O–H groups in total. The molecule has 0 saturated carbocycles. The Balaban J connectivity index is 1.93. The number of hydrogen-bond donors (Lipinski definition) is 1. The van der Waals surface area contributed by atoms with E-state index in [1.54, 1.807) is 6.92 Å². The first kappa shape index (κ1) is 23.9. The van der Waals surface area contributed by atoms with Gasteiger partial charge in [0.15, 0.2) is 6.61 Å². The molecule has 8 nitrogen and oxygen atoms in total. The third-order valence-electron chi connectivity index (χ3n) is 4.58. The number of likely N-dealkylation sites (tertiary alicyclic amines) is 1. The standard InChI is InChI=1S/C21H30N2O6S/c1-4-28-21(27)19-15(10-14(2)3)13-30-20(19)22-16(24)12-29-18(26)11-23-9-7-5-6-8-17(23)25/h13-14H,4-12H2,1-3H3,(H,22,24). The van der Waals surface area contributed by atoms with Crippen molar-refractivity contribution in [1.82, 2.24) is 4.90 Å². The average Bonchev–Trinajstić information content (AvgIpc) is 2.94. The summed E-state index contributed by atoms with van der Waals surface area (Å²) in [4.78, 5) is 50.1. The van der Waals surface area contributed by atoms with Crippen LogP contribution in [0.25, 0.3) is 0 Å². The van der Waals surface area contributed by atoms with Gasteiger partial charge in [0.2, 0.25) is 5.91 Å². The van der Waals surface area contributed by atoms with Crippen molar-refractivity contribution in [3.8, 4) is 0 Å². The van der Waals surface area contributed by atoms with E-state index in [2.05, 4.69) is 5.32 Å². The zero-order chi connectivity index (χ0) is 22.1. The van der Waals surface area contributed by atoms with Crippen molar-refractivity contribution in [2.24, 2.45) is 5.92 Å². The number of esters is 2. The maximum absolute atomic E-state index is 12.4. The van der Waals surface area contributed by atoms with Crippen LogP contribution in [0.5, 0.6) is 0 Å². The minimum atomic E-state index is -0.627. The lowest BCUT2D eigenvalue weighted by atomic mass is 10.0. The third-order valence-corrected chi connectivity index (χ3v) is 5.53. The summed E-state index contributed by atoms with van der Waals surface area (Å²) >= 11 is 1.24. The molecule has 0 radical (unpaired) electrons. The van der Waals surface area contributed by atoms with Crippen molar-refractivity contribution in [1.29, 1.82) is 0 Å². The van der Waals surface area contributed by atoms with E-state index in [0.29, 0.717) is 35.9 Å². The van der Waals surface area contributed by atoms with E-state index in [9.17, 15) is 19.2 Å². The smallest absolute Gasteiger partial charge is 0.341 e. The lowest BCUT2D eigenvalue weighted by molar-refractivity contribution is -0.151. The maximum atomic E-state index is 12.4. The summed E-state index contributed by atoms with van der Waals surface area (Å²) < 4.78 is 10.2. The van der Waals surface area contributed by atoms with E-state index in [1.807, 2.05) is 19.2 Å². The number of carbonyl (C=O) groups excluding carboxylic acids is 4. The molecule has 1 saturated heterocycles. The SMILES string of the molecule is CCOC(=O)c1c(CC(C)C)csc1NC(=O)COC(=O)CN1CCCCCC1=O. The fraction of sp³-hybridized carbons (Fsp3) is 0.619. The van der Waals surface area contributed by atoms with E-state index in [-0.39, 0.29) is 19.1 Å². The van der Waals surface area contributed by atoms with Crippen molar-refractivity contribution in [3.63, 3.8) is 0 Å². The highest BCUT2D eigenvalue weighted by Crippen LogP contribution is 2.31. The van der Waals surface area contributed by atoms with Crippen LogP contribution in [0.1, 0.15) is 62.4 Å². The Kier molecular flexibility index (Phi) is 9.29. The van der Waals surface area contributed by atoms with E-state index in [4.69, 9.17) is 9.47 Å². The zero-order valence-electron chi connectivity index (χ0n) is 17.8. The Bertz CT molecular complexity index is 774. The topological polar surface area (TPSA) is 102 Å². The highest BCUT2D eigenvalue weighted by molar-refractivity contribution is 7.15. The molecular formula is C21H30N2O6S. The minimum Gasteiger partial charge on any atom is -0.462 e. The minimum absolute atomic E-state index is 0.0655. The molecule has 1 fully saturated rings. The Morgan fingerprint density at radius 2 is 1.97 bits per heavy atom. The van der Waals surface area contributed by atoms with Crippen LogP contribution >= 0.6 is 11.3 Å². The summed E-state index contributed by atoms with van der Waals surface area (Å²) in [6.45, 7) is 5.92. The summed E-state index contributed by atoms with van der Waals surface area (Å²) in [6, 6.07) is 0. The van der Waals surface area contributed by atoms with Crippen LogP contribution in [0.15, 0.2) is 5.38 Å². The molecule has 1 aliphatic rings. The van der Waals surface area contributed by atoms with Gasteiger partial charge in [0, 0.05) is 13.0 Å². The second kappa shape index (κ2) is 11.7. The maximum Gasteiger partial charge on any atom is 0.341 e. The second-order valence-electron chi connectivity index (χ2n) is 7.62. The van der Waals surface area contributed by atoms with Crippen LogP contribution in [0.3, 0.4) is 0 Å².